The van der Waals surface area contributed by atoms with Crippen LogP contribution < -0.4 is 21.6 Å². The van der Waals surface area contributed by atoms with E-state index in [2.05, 4.69) is 107 Å². The third-order valence-electron chi connectivity index (χ3n) is 5.13. The first-order valence-corrected chi connectivity index (χ1v) is 14.0. The molecule has 0 atom stereocenters. The van der Waals surface area contributed by atoms with Gasteiger partial charge in [0.15, 0.2) is 0 Å². The van der Waals surface area contributed by atoms with E-state index in [1.165, 1.54) is 72.6 Å². The predicted molar refractivity (Wildman–Crippen MR) is 145 cm³/mol. The molecule has 3 aromatic rings. The summed E-state index contributed by atoms with van der Waals surface area (Å²) in [6.07, 6.45) is 10.9. The van der Waals surface area contributed by atoms with Gasteiger partial charge in [0.05, 0.1) is 0 Å². The maximum Gasteiger partial charge on any atom is 0.00313 e. The van der Waals surface area contributed by atoms with E-state index >= 15 is 0 Å². The van der Waals surface area contributed by atoms with Crippen LogP contribution in [0.25, 0.3) is 0 Å². The average molecular weight is 498 g/mol. The van der Waals surface area contributed by atoms with Gasteiger partial charge in [-0.2, -0.15) is 0 Å². The molecule has 0 radical (unpaired) electrons. The lowest BCUT2D eigenvalue weighted by atomic mass is 10.1. The van der Waals surface area contributed by atoms with Gasteiger partial charge in [0, 0.05) is 5.33 Å². The van der Waals surface area contributed by atoms with Gasteiger partial charge in [0.25, 0.3) is 0 Å². The normalized spacial score (nSPS) is 10.5. The summed E-state index contributed by atoms with van der Waals surface area (Å²) in [6.45, 7) is 0.865. The number of nitrogens with two attached hydrogens (primary N) is 1. The minimum atomic E-state index is -0.446. The number of hydrogen-bond acceptors (Lipinski definition) is 1. The molecule has 1 nitrogen and oxygen atoms in total. The standard InChI is InChI=1S/C18H15P.C10H22BrN/c1-4-10-16(11-5-1)19(17-12-6-2-7-13-17)18-14-8-3-9-15-18;11-9-7-5-3-1-2-4-6-8-10-12/h1-15H;1-10,12H2. The first-order valence-electron chi connectivity index (χ1n) is 11.6. The van der Waals surface area contributed by atoms with Crippen LogP contribution in [0.2, 0.25) is 0 Å². The molecule has 166 valence electrons. The van der Waals surface area contributed by atoms with E-state index in [-0.39, 0.29) is 0 Å². The van der Waals surface area contributed by atoms with Crippen molar-refractivity contribution in [1.29, 1.82) is 0 Å². The Morgan fingerprint density at radius 3 is 1.13 bits per heavy atom. The summed E-state index contributed by atoms with van der Waals surface area (Å²) in [7, 11) is -0.446. The highest BCUT2D eigenvalue weighted by Gasteiger charge is 2.14. The van der Waals surface area contributed by atoms with Crippen molar-refractivity contribution in [3.8, 4) is 0 Å². The molecule has 3 heteroatoms. The summed E-state index contributed by atoms with van der Waals surface area (Å²) in [5.41, 5.74) is 5.40. The van der Waals surface area contributed by atoms with Crippen LogP contribution >= 0.6 is 23.9 Å². The van der Waals surface area contributed by atoms with Crippen molar-refractivity contribution in [3.63, 3.8) is 0 Å². The summed E-state index contributed by atoms with van der Waals surface area (Å²) in [4.78, 5) is 0. The highest BCUT2D eigenvalue weighted by Crippen LogP contribution is 2.32. The molecule has 0 aliphatic heterocycles. The Kier molecular flexibility index (Phi) is 14.2. The topological polar surface area (TPSA) is 26.0 Å². The van der Waals surface area contributed by atoms with Crippen LogP contribution in [0, 0.1) is 0 Å². The number of alkyl halides is 1. The van der Waals surface area contributed by atoms with Crippen LogP contribution in [0.1, 0.15) is 51.4 Å². The van der Waals surface area contributed by atoms with E-state index in [0.29, 0.717) is 0 Å². The van der Waals surface area contributed by atoms with Crippen LogP contribution in [-0.4, -0.2) is 11.9 Å². The quantitative estimate of drug-likeness (QED) is 0.164. The summed E-state index contributed by atoms with van der Waals surface area (Å²) in [5.74, 6) is 0. The zero-order chi connectivity index (χ0) is 22.0. The first kappa shape index (κ1) is 25.8. The van der Waals surface area contributed by atoms with E-state index in [4.69, 9.17) is 5.73 Å². The van der Waals surface area contributed by atoms with E-state index in [1.54, 1.807) is 0 Å². The number of hydrogen-bond donors (Lipinski definition) is 1. The second-order valence-corrected chi connectivity index (χ2v) is 10.7. The Morgan fingerprint density at radius 1 is 0.484 bits per heavy atom. The molecule has 0 aromatic heterocycles. The van der Waals surface area contributed by atoms with Gasteiger partial charge in [0.2, 0.25) is 0 Å². The molecule has 0 amide bonds. The fourth-order valence-corrected chi connectivity index (χ4v) is 6.18. The zero-order valence-corrected chi connectivity index (χ0v) is 21.1. The Balaban J connectivity index is 0.000000248. The van der Waals surface area contributed by atoms with Crippen LogP contribution in [0.3, 0.4) is 0 Å². The summed E-state index contributed by atoms with van der Waals surface area (Å²) in [6, 6.07) is 32.3. The van der Waals surface area contributed by atoms with Crippen molar-refractivity contribution in [2.75, 3.05) is 11.9 Å². The van der Waals surface area contributed by atoms with Crippen LogP contribution in [0.15, 0.2) is 91.0 Å². The van der Waals surface area contributed by atoms with Crippen molar-refractivity contribution in [2.45, 2.75) is 51.4 Å². The minimum absolute atomic E-state index is 0.446. The molecule has 0 bridgehead atoms. The maximum atomic E-state index is 5.40. The largest absolute Gasteiger partial charge is 0.330 e. The molecule has 31 heavy (non-hydrogen) atoms. The van der Waals surface area contributed by atoms with Crippen molar-refractivity contribution in [1.82, 2.24) is 0 Å². The van der Waals surface area contributed by atoms with E-state index in [0.717, 1.165) is 6.54 Å². The van der Waals surface area contributed by atoms with Gasteiger partial charge in [0.1, 0.15) is 0 Å². The fourth-order valence-electron chi connectivity index (χ4n) is 3.48. The molecule has 0 saturated heterocycles. The van der Waals surface area contributed by atoms with Gasteiger partial charge in [-0.3, -0.25) is 0 Å². The third kappa shape index (κ3) is 10.6. The first-order chi connectivity index (χ1) is 15.4. The lowest BCUT2D eigenvalue weighted by Gasteiger charge is -2.18. The van der Waals surface area contributed by atoms with Crippen LogP contribution in [-0.2, 0) is 0 Å². The molecule has 0 spiro atoms. The third-order valence-corrected chi connectivity index (χ3v) is 8.14. The van der Waals surface area contributed by atoms with E-state index in [9.17, 15) is 0 Å². The Bertz CT molecular complexity index is 676. The molecular formula is C28H37BrNP. The molecular weight excluding hydrogens is 461 g/mol. The number of benzene rings is 3. The minimum Gasteiger partial charge on any atom is -0.330 e. The molecule has 3 aromatic carbocycles. The number of unbranched alkanes of at least 4 members (excludes halogenated alkanes) is 7. The van der Waals surface area contributed by atoms with Gasteiger partial charge in [-0.05, 0) is 43.2 Å². The Morgan fingerprint density at radius 2 is 0.806 bits per heavy atom. The van der Waals surface area contributed by atoms with Gasteiger partial charge >= 0.3 is 0 Å². The zero-order valence-electron chi connectivity index (χ0n) is 18.6. The van der Waals surface area contributed by atoms with Crippen molar-refractivity contribution < 1.29 is 0 Å². The van der Waals surface area contributed by atoms with Crippen molar-refractivity contribution in [2.24, 2.45) is 5.73 Å². The van der Waals surface area contributed by atoms with E-state index < -0.39 is 7.92 Å². The highest BCUT2D eigenvalue weighted by molar-refractivity contribution is 9.09. The number of halogens is 1. The van der Waals surface area contributed by atoms with Gasteiger partial charge < -0.3 is 5.73 Å². The van der Waals surface area contributed by atoms with Gasteiger partial charge in [-0.25, -0.2) is 0 Å². The molecule has 0 aliphatic rings. The van der Waals surface area contributed by atoms with Crippen molar-refractivity contribution >= 4 is 39.8 Å². The summed E-state index contributed by atoms with van der Waals surface area (Å²) >= 11 is 3.44. The molecule has 3 rings (SSSR count). The molecule has 0 unspecified atom stereocenters. The van der Waals surface area contributed by atoms with Gasteiger partial charge in [-0.15, -0.1) is 0 Å². The molecule has 0 saturated carbocycles. The summed E-state index contributed by atoms with van der Waals surface area (Å²) < 4.78 is 0. The summed E-state index contributed by atoms with van der Waals surface area (Å²) in [5, 5.41) is 5.36. The van der Waals surface area contributed by atoms with Crippen molar-refractivity contribution in [3.05, 3.63) is 91.0 Å². The lowest BCUT2D eigenvalue weighted by molar-refractivity contribution is 0.580. The van der Waals surface area contributed by atoms with Crippen LogP contribution in [0.4, 0.5) is 0 Å². The molecule has 2 N–H and O–H groups in total. The van der Waals surface area contributed by atoms with Crippen LogP contribution in [0.5, 0.6) is 0 Å². The predicted octanol–water partition coefficient (Wildman–Crippen LogP) is 6.91. The molecule has 0 heterocycles. The smallest absolute Gasteiger partial charge is 0.00313 e. The highest BCUT2D eigenvalue weighted by atomic mass is 79.9. The van der Waals surface area contributed by atoms with E-state index in [1.807, 2.05) is 0 Å². The van der Waals surface area contributed by atoms with Gasteiger partial charge in [-0.1, -0.05) is 145 Å². The monoisotopic (exact) mass is 497 g/mol. The Labute approximate surface area is 199 Å². The maximum absolute atomic E-state index is 5.40. The Hall–Kier alpha value is -1.47. The lowest BCUT2D eigenvalue weighted by Crippen LogP contribution is -2.20. The SMILES string of the molecule is NCCCCCCCCCCBr.c1ccc(P(c2ccccc2)c2ccccc2)cc1. The molecule has 0 aliphatic carbocycles. The second kappa shape index (κ2) is 17.1. The fraction of sp³-hybridized carbons (Fsp3) is 0.357. The number of rotatable bonds is 12. The molecule has 0 fully saturated rings. The average Bonchev–Trinajstić information content (AvgIpc) is 2.84. The second-order valence-electron chi connectivity index (χ2n) is 7.65.